The number of hydrogen-bond donors (Lipinski definition) is 1. The number of rotatable bonds is 9. The number of benzene rings is 3. The first-order valence-corrected chi connectivity index (χ1v) is 10.4. The third-order valence-electron chi connectivity index (χ3n) is 4.29. The summed E-state index contributed by atoms with van der Waals surface area (Å²) in [5.41, 5.74) is 2.16. The quantitative estimate of drug-likeness (QED) is 0.426. The third-order valence-corrected chi connectivity index (χ3v) is 5.74. The Morgan fingerprint density at radius 3 is 2.17 bits per heavy atom. The molecule has 7 nitrogen and oxygen atoms in total. The zero-order valence-corrected chi connectivity index (χ0v) is 16.3. The second kappa shape index (κ2) is 9.42. The van der Waals surface area contributed by atoms with Crippen LogP contribution in [0.5, 0.6) is 0 Å². The highest BCUT2D eigenvalue weighted by atomic mass is 32.2. The predicted molar refractivity (Wildman–Crippen MR) is 108 cm³/mol. The molecule has 0 heterocycles. The summed E-state index contributed by atoms with van der Waals surface area (Å²) >= 11 is 0. The number of nitrogens with zero attached hydrogens (tertiary/aromatic N) is 1. The van der Waals surface area contributed by atoms with Gasteiger partial charge in [0.15, 0.2) is 4.90 Å². The Labute approximate surface area is 169 Å². The van der Waals surface area contributed by atoms with E-state index in [1.165, 1.54) is 24.3 Å². The van der Waals surface area contributed by atoms with Crippen molar-refractivity contribution in [2.75, 3.05) is 0 Å². The second-order valence-corrected chi connectivity index (χ2v) is 8.03. The molecular formula is C21H20N2O5S. The van der Waals surface area contributed by atoms with Gasteiger partial charge in [0.1, 0.15) is 0 Å². The first kappa shape index (κ1) is 20.7. The van der Waals surface area contributed by atoms with Crippen molar-refractivity contribution in [3.8, 4) is 0 Å². The standard InChI is InChI=1S/C21H20N2O5S/c24-23(25)20-12-6-7-13-21(20)29(26,27)22-14-18-10-4-5-11-19(18)16-28-15-17-8-2-1-3-9-17/h1-13,22H,14-16H2. The maximum atomic E-state index is 12.6. The monoisotopic (exact) mass is 412 g/mol. The molecule has 3 aromatic rings. The van der Waals surface area contributed by atoms with Crippen LogP contribution in [0.25, 0.3) is 0 Å². The molecule has 0 amide bonds. The van der Waals surface area contributed by atoms with E-state index in [-0.39, 0.29) is 11.4 Å². The van der Waals surface area contributed by atoms with E-state index < -0.39 is 20.6 Å². The van der Waals surface area contributed by atoms with Gasteiger partial charge in [0.2, 0.25) is 10.0 Å². The van der Waals surface area contributed by atoms with Gasteiger partial charge in [-0.15, -0.1) is 0 Å². The molecule has 1 N–H and O–H groups in total. The van der Waals surface area contributed by atoms with Crippen molar-refractivity contribution in [1.82, 2.24) is 4.72 Å². The summed E-state index contributed by atoms with van der Waals surface area (Å²) in [7, 11) is -4.05. The van der Waals surface area contributed by atoms with Crippen molar-refractivity contribution in [3.05, 3.63) is 106 Å². The lowest BCUT2D eigenvalue weighted by Gasteiger charge is -2.12. The predicted octanol–water partition coefficient (Wildman–Crippen LogP) is 3.79. The Bertz CT molecular complexity index is 1080. The van der Waals surface area contributed by atoms with Gasteiger partial charge in [0, 0.05) is 12.6 Å². The van der Waals surface area contributed by atoms with E-state index in [4.69, 9.17) is 4.74 Å². The van der Waals surface area contributed by atoms with Crippen molar-refractivity contribution in [2.45, 2.75) is 24.7 Å². The molecule has 0 aromatic heterocycles. The minimum atomic E-state index is -4.05. The van der Waals surface area contributed by atoms with Gasteiger partial charge in [0.05, 0.1) is 18.1 Å². The molecule has 3 rings (SSSR count). The average Bonchev–Trinajstić information content (AvgIpc) is 2.74. The van der Waals surface area contributed by atoms with E-state index in [9.17, 15) is 18.5 Å². The molecule has 0 saturated carbocycles. The molecule has 29 heavy (non-hydrogen) atoms. The highest BCUT2D eigenvalue weighted by Crippen LogP contribution is 2.23. The molecule has 0 aliphatic carbocycles. The summed E-state index contributed by atoms with van der Waals surface area (Å²) in [6.45, 7) is 0.759. The zero-order valence-electron chi connectivity index (χ0n) is 15.5. The minimum absolute atomic E-state index is 0.000742. The Kier molecular flexibility index (Phi) is 6.71. The Morgan fingerprint density at radius 2 is 1.45 bits per heavy atom. The van der Waals surface area contributed by atoms with Crippen LogP contribution in [0.4, 0.5) is 5.69 Å². The lowest BCUT2D eigenvalue weighted by molar-refractivity contribution is -0.387. The summed E-state index contributed by atoms with van der Waals surface area (Å²) < 4.78 is 33.4. The van der Waals surface area contributed by atoms with E-state index in [1.807, 2.05) is 42.5 Å². The molecule has 0 aliphatic heterocycles. The van der Waals surface area contributed by atoms with Crippen LogP contribution in [0.15, 0.2) is 83.8 Å². The van der Waals surface area contributed by atoms with E-state index in [2.05, 4.69) is 4.72 Å². The molecule has 0 bridgehead atoms. The van der Waals surface area contributed by atoms with Crippen molar-refractivity contribution in [1.29, 1.82) is 0 Å². The number of sulfonamides is 1. The van der Waals surface area contributed by atoms with Gasteiger partial charge >= 0.3 is 0 Å². The third kappa shape index (κ3) is 5.47. The molecule has 0 aliphatic rings. The van der Waals surface area contributed by atoms with Gasteiger partial charge < -0.3 is 4.74 Å². The van der Waals surface area contributed by atoms with Crippen LogP contribution in [0.2, 0.25) is 0 Å². The van der Waals surface area contributed by atoms with E-state index in [1.54, 1.807) is 12.1 Å². The normalized spacial score (nSPS) is 11.3. The van der Waals surface area contributed by atoms with Gasteiger partial charge in [-0.25, -0.2) is 13.1 Å². The van der Waals surface area contributed by atoms with E-state index in [0.717, 1.165) is 16.7 Å². The van der Waals surface area contributed by atoms with Crippen molar-refractivity contribution < 1.29 is 18.1 Å². The van der Waals surface area contributed by atoms with Gasteiger partial charge in [-0.3, -0.25) is 10.1 Å². The summed E-state index contributed by atoms with van der Waals surface area (Å²) in [6, 6.07) is 22.3. The Hall–Kier alpha value is -3.07. The van der Waals surface area contributed by atoms with Gasteiger partial charge in [-0.2, -0.15) is 0 Å². The van der Waals surface area contributed by atoms with E-state index in [0.29, 0.717) is 13.2 Å². The molecule has 0 saturated heterocycles. The first-order chi connectivity index (χ1) is 14.0. The fourth-order valence-electron chi connectivity index (χ4n) is 2.81. The van der Waals surface area contributed by atoms with Gasteiger partial charge in [-0.05, 0) is 22.8 Å². The summed E-state index contributed by atoms with van der Waals surface area (Å²) in [6.07, 6.45) is 0. The fraction of sp³-hybridized carbons (Fsp3) is 0.143. The number of nitrogens with one attached hydrogen (secondary N) is 1. The minimum Gasteiger partial charge on any atom is -0.372 e. The lowest BCUT2D eigenvalue weighted by Crippen LogP contribution is -2.24. The van der Waals surface area contributed by atoms with Gasteiger partial charge in [0.25, 0.3) is 5.69 Å². The number of ether oxygens (including phenoxy) is 1. The van der Waals surface area contributed by atoms with Crippen molar-refractivity contribution in [2.24, 2.45) is 0 Å². The zero-order chi connectivity index (χ0) is 20.7. The van der Waals surface area contributed by atoms with Crippen LogP contribution in [-0.2, 0) is 34.5 Å². The summed E-state index contributed by atoms with van der Waals surface area (Å²) in [4.78, 5) is 10.1. The van der Waals surface area contributed by atoms with Crippen LogP contribution in [0.1, 0.15) is 16.7 Å². The molecular weight excluding hydrogens is 392 g/mol. The second-order valence-electron chi connectivity index (χ2n) is 6.30. The highest BCUT2D eigenvalue weighted by molar-refractivity contribution is 7.89. The molecule has 3 aromatic carbocycles. The molecule has 0 atom stereocenters. The molecule has 8 heteroatoms. The largest absolute Gasteiger partial charge is 0.372 e. The van der Waals surface area contributed by atoms with Crippen LogP contribution in [0, 0.1) is 10.1 Å². The summed E-state index contributed by atoms with van der Waals surface area (Å²) in [5.74, 6) is 0. The van der Waals surface area contributed by atoms with Crippen LogP contribution in [0.3, 0.4) is 0 Å². The van der Waals surface area contributed by atoms with E-state index >= 15 is 0 Å². The number of para-hydroxylation sites is 1. The topological polar surface area (TPSA) is 98.5 Å². The van der Waals surface area contributed by atoms with Crippen molar-refractivity contribution >= 4 is 15.7 Å². The molecule has 0 fully saturated rings. The number of nitro benzene ring substituents is 1. The van der Waals surface area contributed by atoms with Crippen LogP contribution in [-0.4, -0.2) is 13.3 Å². The van der Waals surface area contributed by atoms with Gasteiger partial charge in [-0.1, -0.05) is 66.7 Å². The number of nitro groups is 1. The Balaban J connectivity index is 1.69. The molecule has 0 radical (unpaired) electrons. The lowest BCUT2D eigenvalue weighted by atomic mass is 10.1. The van der Waals surface area contributed by atoms with Crippen LogP contribution < -0.4 is 4.72 Å². The Morgan fingerprint density at radius 1 is 0.828 bits per heavy atom. The first-order valence-electron chi connectivity index (χ1n) is 8.89. The maximum absolute atomic E-state index is 12.6. The molecule has 0 spiro atoms. The number of hydrogen-bond acceptors (Lipinski definition) is 5. The maximum Gasteiger partial charge on any atom is 0.289 e. The molecule has 0 unspecified atom stereocenters. The SMILES string of the molecule is O=[N+]([O-])c1ccccc1S(=O)(=O)NCc1ccccc1COCc1ccccc1. The fourth-order valence-corrected chi connectivity index (χ4v) is 3.99. The average molecular weight is 412 g/mol. The summed E-state index contributed by atoms with van der Waals surface area (Å²) in [5, 5.41) is 11.1. The molecule has 150 valence electrons. The van der Waals surface area contributed by atoms with Crippen molar-refractivity contribution in [3.63, 3.8) is 0 Å². The smallest absolute Gasteiger partial charge is 0.289 e. The van der Waals surface area contributed by atoms with Crippen LogP contribution >= 0.6 is 0 Å². The highest BCUT2D eigenvalue weighted by Gasteiger charge is 2.24.